The van der Waals surface area contributed by atoms with Crippen LogP contribution in [0.2, 0.25) is 0 Å². The van der Waals surface area contributed by atoms with E-state index in [1.54, 1.807) is 7.11 Å². The van der Waals surface area contributed by atoms with Crippen molar-refractivity contribution in [1.82, 2.24) is 0 Å². The van der Waals surface area contributed by atoms with Crippen molar-refractivity contribution < 1.29 is 14.2 Å². The summed E-state index contributed by atoms with van der Waals surface area (Å²) in [6, 6.07) is 14.0. The van der Waals surface area contributed by atoms with E-state index >= 15 is 0 Å². The van der Waals surface area contributed by atoms with Crippen LogP contribution >= 0.6 is 0 Å². The average molecular weight is 272 g/mol. The highest BCUT2D eigenvalue weighted by Crippen LogP contribution is 2.32. The molecule has 0 aromatic heterocycles. The van der Waals surface area contributed by atoms with Crippen LogP contribution in [0.4, 0.5) is 0 Å². The van der Waals surface area contributed by atoms with Gasteiger partial charge in [0.2, 0.25) is 6.79 Å². The first-order valence-electron chi connectivity index (χ1n) is 6.72. The lowest BCUT2D eigenvalue weighted by atomic mass is 10.1. The predicted molar refractivity (Wildman–Crippen MR) is 79.7 cm³/mol. The molecule has 2 aromatic rings. The number of aryl methyl sites for hydroxylation is 2. The summed E-state index contributed by atoms with van der Waals surface area (Å²) in [5.41, 5.74) is 2.52. The van der Waals surface area contributed by atoms with Crippen molar-refractivity contribution in [3.8, 4) is 17.2 Å². The number of benzene rings is 2. The Balaban J connectivity index is 0.000000151. The summed E-state index contributed by atoms with van der Waals surface area (Å²) in [6.45, 7) is 4.53. The minimum atomic E-state index is 0.364. The summed E-state index contributed by atoms with van der Waals surface area (Å²) in [6.07, 6.45) is 1.04. The van der Waals surface area contributed by atoms with Gasteiger partial charge in [0.15, 0.2) is 11.5 Å². The third kappa shape index (κ3) is 3.67. The molecule has 0 radical (unpaired) electrons. The van der Waals surface area contributed by atoms with Gasteiger partial charge < -0.3 is 14.2 Å². The van der Waals surface area contributed by atoms with Crippen LogP contribution in [-0.4, -0.2) is 13.9 Å². The van der Waals surface area contributed by atoms with E-state index in [4.69, 9.17) is 14.2 Å². The molecule has 3 nitrogen and oxygen atoms in total. The van der Waals surface area contributed by atoms with Crippen LogP contribution in [-0.2, 0) is 6.42 Å². The fraction of sp³-hybridized carbons (Fsp3) is 0.294. The van der Waals surface area contributed by atoms with E-state index in [-0.39, 0.29) is 0 Å². The molecule has 0 bridgehead atoms. The summed E-state index contributed by atoms with van der Waals surface area (Å²) >= 11 is 0. The van der Waals surface area contributed by atoms with E-state index in [0.29, 0.717) is 6.79 Å². The molecule has 1 aliphatic heterocycles. The van der Waals surface area contributed by atoms with E-state index in [9.17, 15) is 0 Å². The lowest BCUT2D eigenvalue weighted by Crippen LogP contribution is -1.92. The minimum absolute atomic E-state index is 0.364. The van der Waals surface area contributed by atoms with Crippen LogP contribution in [0.1, 0.15) is 18.1 Å². The minimum Gasteiger partial charge on any atom is -0.497 e. The summed E-state index contributed by atoms with van der Waals surface area (Å²) in [5.74, 6) is 2.67. The van der Waals surface area contributed by atoms with Crippen molar-refractivity contribution in [2.75, 3.05) is 13.9 Å². The van der Waals surface area contributed by atoms with Gasteiger partial charge in [-0.1, -0.05) is 25.1 Å². The van der Waals surface area contributed by atoms with Crippen molar-refractivity contribution in [3.05, 3.63) is 53.6 Å². The summed E-state index contributed by atoms with van der Waals surface area (Å²) < 4.78 is 15.4. The Labute approximate surface area is 120 Å². The molecule has 0 saturated heterocycles. The zero-order valence-corrected chi connectivity index (χ0v) is 12.2. The van der Waals surface area contributed by atoms with Crippen LogP contribution in [0.25, 0.3) is 0 Å². The predicted octanol–water partition coefficient (Wildman–Crippen LogP) is 3.98. The molecule has 3 heteroatoms. The molecule has 0 atom stereocenters. The second-order valence-corrected chi connectivity index (χ2v) is 4.56. The van der Waals surface area contributed by atoms with Gasteiger partial charge in [0.05, 0.1) is 7.11 Å². The van der Waals surface area contributed by atoms with Crippen molar-refractivity contribution in [3.63, 3.8) is 0 Å². The van der Waals surface area contributed by atoms with Gasteiger partial charge in [0.1, 0.15) is 5.75 Å². The molecule has 0 fully saturated rings. The molecule has 0 spiro atoms. The summed E-state index contributed by atoms with van der Waals surface area (Å²) in [7, 11) is 1.68. The van der Waals surface area contributed by atoms with Crippen LogP contribution in [0, 0.1) is 6.92 Å². The quantitative estimate of drug-likeness (QED) is 0.827. The van der Waals surface area contributed by atoms with Gasteiger partial charge in [-0.05, 0) is 48.7 Å². The van der Waals surface area contributed by atoms with Crippen molar-refractivity contribution in [2.45, 2.75) is 20.3 Å². The highest BCUT2D eigenvalue weighted by atomic mass is 16.7. The molecule has 0 unspecified atom stereocenters. The second kappa shape index (κ2) is 6.85. The van der Waals surface area contributed by atoms with Crippen LogP contribution in [0.5, 0.6) is 17.2 Å². The molecule has 0 N–H and O–H groups in total. The average Bonchev–Trinajstić information content (AvgIpc) is 2.95. The number of methoxy groups -OCH3 is 1. The van der Waals surface area contributed by atoms with Gasteiger partial charge in [0, 0.05) is 0 Å². The van der Waals surface area contributed by atoms with Crippen LogP contribution in [0.15, 0.2) is 42.5 Å². The van der Waals surface area contributed by atoms with Crippen molar-refractivity contribution in [2.24, 2.45) is 0 Å². The molecule has 1 heterocycles. The third-order valence-electron chi connectivity index (χ3n) is 3.07. The van der Waals surface area contributed by atoms with E-state index in [2.05, 4.69) is 13.0 Å². The van der Waals surface area contributed by atoms with Gasteiger partial charge in [-0.3, -0.25) is 0 Å². The smallest absolute Gasteiger partial charge is 0.231 e. The molecule has 1 aliphatic rings. The van der Waals surface area contributed by atoms with E-state index in [0.717, 1.165) is 23.7 Å². The monoisotopic (exact) mass is 272 g/mol. The molecule has 0 aliphatic carbocycles. The van der Waals surface area contributed by atoms with Crippen LogP contribution in [0.3, 0.4) is 0 Å². The molecule has 0 amide bonds. The Hall–Kier alpha value is -2.16. The first kappa shape index (κ1) is 14.3. The van der Waals surface area contributed by atoms with E-state index in [1.807, 2.05) is 43.3 Å². The van der Waals surface area contributed by atoms with Gasteiger partial charge in [0.25, 0.3) is 0 Å². The highest BCUT2D eigenvalue weighted by molar-refractivity contribution is 5.44. The normalized spacial score (nSPS) is 11.6. The lowest BCUT2D eigenvalue weighted by molar-refractivity contribution is 0.174. The number of hydrogen-bond donors (Lipinski definition) is 0. The fourth-order valence-electron chi connectivity index (χ4n) is 1.90. The summed E-state index contributed by atoms with van der Waals surface area (Å²) in [5, 5.41) is 0. The number of hydrogen-bond acceptors (Lipinski definition) is 3. The molecule has 0 saturated carbocycles. The van der Waals surface area contributed by atoms with E-state index < -0.39 is 0 Å². The van der Waals surface area contributed by atoms with E-state index in [1.165, 1.54) is 11.1 Å². The molecular weight excluding hydrogens is 252 g/mol. The Morgan fingerprint density at radius 3 is 2.50 bits per heavy atom. The Kier molecular flexibility index (Phi) is 4.88. The maximum Gasteiger partial charge on any atom is 0.231 e. The number of fused-ring (bicyclic) bond motifs is 1. The summed E-state index contributed by atoms with van der Waals surface area (Å²) in [4.78, 5) is 0. The Morgan fingerprint density at radius 1 is 1.05 bits per heavy atom. The van der Waals surface area contributed by atoms with Gasteiger partial charge in [-0.15, -0.1) is 0 Å². The van der Waals surface area contributed by atoms with Gasteiger partial charge >= 0.3 is 0 Å². The lowest BCUT2D eigenvalue weighted by Gasteiger charge is -1.97. The fourth-order valence-corrected chi connectivity index (χ4v) is 1.90. The van der Waals surface area contributed by atoms with Crippen molar-refractivity contribution >= 4 is 0 Å². The molecule has 106 valence electrons. The van der Waals surface area contributed by atoms with Gasteiger partial charge in [-0.25, -0.2) is 0 Å². The first-order chi connectivity index (χ1) is 9.72. The van der Waals surface area contributed by atoms with Crippen molar-refractivity contribution in [1.29, 1.82) is 0 Å². The molecule has 3 rings (SSSR count). The second-order valence-electron chi connectivity index (χ2n) is 4.56. The number of rotatable bonds is 2. The third-order valence-corrected chi connectivity index (χ3v) is 3.07. The highest BCUT2D eigenvalue weighted by Gasteiger charge is 2.11. The zero-order valence-electron chi connectivity index (χ0n) is 12.2. The Bertz CT molecular complexity index is 564. The largest absolute Gasteiger partial charge is 0.497 e. The number of ether oxygens (including phenoxy) is 3. The Morgan fingerprint density at radius 2 is 1.85 bits per heavy atom. The maximum absolute atomic E-state index is 5.22. The SMILES string of the molecule is CCc1ccc2c(c1)OCO2.COc1cccc(C)c1. The van der Waals surface area contributed by atoms with Gasteiger partial charge in [-0.2, -0.15) is 0 Å². The standard InChI is InChI=1S/C9H10O2.C8H10O/c1-2-7-3-4-8-9(5-7)11-6-10-8;1-7-4-3-5-8(6-7)9-2/h3-5H,2,6H2,1H3;3-6H,1-2H3. The molecule has 2 aromatic carbocycles. The zero-order chi connectivity index (χ0) is 14.4. The maximum atomic E-state index is 5.22. The van der Waals surface area contributed by atoms with Crippen LogP contribution < -0.4 is 14.2 Å². The first-order valence-corrected chi connectivity index (χ1v) is 6.72. The topological polar surface area (TPSA) is 27.7 Å². The molecular formula is C17H20O3. The molecule has 20 heavy (non-hydrogen) atoms.